The minimum Gasteiger partial charge on any atom is -0.480 e. The first kappa shape index (κ1) is 32.5. The van der Waals surface area contributed by atoms with Crippen LogP contribution in [0.15, 0.2) is 48.8 Å². The number of rotatable bonds is 13. The number of benzene rings is 2. The van der Waals surface area contributed by atoms with Crippen molar-refractivity contribution in [3.8, 4) is 45.4 Å². The van der Waals surface area contributed by atoms with E-state index in [-0.39, 0.29) is 24.4 Å². The number of methoxy groups -OCH3 is 2. The van der Waals surface area contributed by atoms with Crippen molar-refractivity contribution in [2.45, 2.75) is 51.1 Å². The van der Waals surface area contributed by atoms with E-state index >= 15 is 0 Å². The monoisotopic (exact) mass is 656 g/mol. The highest BCUT2D eigenvalue weighted by Crippen LogP contribution is 2.42. The summed E-state index contributed by atoms with van der Waals surface area (Å²) in [7, 11) is 3.00. The molecule has 9 nitrogen and oxygen atoms in total. The summed E-state index contributed by atoms with van der Waals surface area (Å²) in [6, 6.07) is 11.3. The Balaban J connectivity index is 1.39. The molecule has 1 amide bonds. The number of alkyl halides is 2. The summed E-state index contributed by atoms with van der Waals surface area (Å²) in [5.41, 5.74) is 4.72. The van der Waals surface area contributed by atoms with Gasteiger partial charge in [0.05, 0.1) is 54.6 Å². The average molecular weight is 658 g/mol. The quantitative estimate of drug-likeness (QED) is 0.167. The number of nitrogens with one attached hydrogen (secondary N) is 2. The lowest BCUT2D eigenvalue weighted by Gasteiger charge is -2.15. The zero-order valence-corrected chi connectivity index (χ0v) is 26.3. The largest absolute Gasteiger partial charge is 0.480 e. The molecule has 5 rings (SSSR count). The van der Waals surface area contributed by atoms with Gasteiger partial charge in [0.25, 0.3) is 6.43 Å². The van der Waals surface area contributed by atoms with E-state index in [1.54, 1.807) is 19.4 Å². The van der Waals surface area contributed by atoms with Gasteiger partial charge in [-0.15, -0.1) is 0 Å². The highest BCUT2D eigenvalue weighted by atomic mass is 35.5. The molecule has 2 N–H and O–H groups in total. The summed E-state index contributed by atoms with van der Waals surface area (Å²) in [6.07, 6.45) is 4.54. The third-order valence-electron chi connectivity index (χ3n) is 7.49. The molecule has 0 saturated carbocycles. The zero-order chi connectivity index (χ0) is 31.9. The van der Waals surface area contributed by atoms with Gasteiger partial charge in [0, 0.05) is 41.3 Å². The molecule has 0 aliphatic carbocycles. The number of carbonyl (C=O) groups excluding carboxylic acids is 1. The number of nitrogens with zero attached hydrogens (tertiary/aromatic N) is 4. The van der Waals surface area contributed by atoms with Gasteiger partial charge in [-0.3, -0.25) is 14.8 Å². The maximum absolute atomic E-state index is 12.5. The second-order valence-corrected chi connectivity index (χ2v) is 11.2. The number of aromatic nitrogens is 4. The van der Waals surface area contributed by atoms with Gasteiger partial charge in [-0.25, -0.2) is 18.7 Å². The average Bonchev–Trinajstić information content (AvgIpc) is 3.46. The standard InChI is InChI=1S/C32H32Cl2F2N6O3/c1-44-31-23(11-3-6-18-12-13-28(43)40-18)38-15-24(41-31)21-9-4-7-19(29(21)33)20-8-5-10-22(30(20)34)25-16-39-26(32(42-25)45-2)14-37-17-27(35)36/h4-5,7-10,15-16,18,27,37H,3,6,11-14,17H2,1-2H3,(H,40,43)/t18-/m1/s1. The van der Waals surface area contributed by atoms with Crippen molar-refractivity contribution in [3.05, 3.63) is 70.2 Å². The van der Waals surface area contributed by atoms with E-state index < -0.39 is 13.0 Å². The lowest BCUT2D eigenvalue weighted by Crippen LogP contribution is -2.25. The first-order valence-electron chi connectivity index (χ1n) is 14.4. The van der Waals surface area contributed by atoms with Crippen LogP contribution in [0.25, 0.3) is 33.6 Å². The summed E-state index contributed by atoms with van der Waals surface area (Å²) < 4.78 is 36.0. The molecule has 1 saturated heterocycles. The molecule has 236 valence electrons. The number of carbonyl (C=O) groups is 1. The Morgan fingerprint density at radius 2 is 1.47 bits per heavy atom. The molecular formula is C32H32Cl2F2N6O3. The first-order chi connectivity index (χ1) is 21.8. The van der Waals surface area contributed by atoms with Crippen molar-refractivity contribution < 1.29 is 23.0 Å². The highest BCUT2D eigenvalue weighted by Gasteiger charge is 2.22. The summed E-state index contributed by atoms with van der Waals surface area (Å²) in [5.74, 6) is 0.734. The molecule has 45 heavy (non-hydrogen) atoms. The fraction of sp³-hybridized carbons (Fsp3) is 0.344. The van der Waals surface area contributed by atoms with E-state index in [1.165, 1.54) is 13.3 Å². The smallest absolute Gasteiger partial charge is 0.250 e. The van der Waals surface area contributed by atoms with Crippen molar-refractivity contribution in [1.29, 1.82) is 0 Å². The number of hydrogen-bond acceptors (Lipinski definition) is 8. The van der Waals surface area contributed by atoms with Crippen LogP contribution in [-0.4, -0.2) is 59.1 Å². The van der Waals surface area contributed by atoms with Crippen molar-refractivity contribution in [2.75, 3.05) is 20.8 Å². The van der Waals surface area contributed by atoms with Crippen LogP contribution >= 0.6 is 23.2 Å². The zero-order valence-electron chi connectivity index (χ0n) is 24.7. The Morgan fingerprint density at radius 1 is 0.911 bits per heavy atom. The summed E-state index contributed by atoms with van der Waals surface area (Å²) in [4.78, 5) is 29.8. The normalized spacial score (nSPS) is 14.6. The lowest BCUT2D eigenvalue weighted by atomic mass is 9.98. The number of aryl methyl sites for hydroxylation is 1. The Morgan fingerprint density at radius 3 is 2.00 bits per heavy atom. The van der Waals surface area contributed by atoms with Gasteiger partial charge in [0.2, 0.25) is 17.7 Å². The maximum Gasteiger partial charge on any atom is 0.250 e. The molecule has 3 heterocycles. The predicted molar refractivity (Wildman–Crippen MR) is 169 cm³/mol. The maximum atomic E-state index is 12.5. The summed E-state index contributed by atoms with van der Waals surface area (Å²) >= 11 is 13.9. The fourth-order valence-corrected chi connectivity index (χ4v) is 5.91. The number of hydrogen-bond donors (Lipinski definition) is 2. The van der Waals surface area contributed by atoms with Gasteiger partial charge in [0.1, 0.15) is 11.4 Å². The van der Waals surface area contributed by atoms with Gasteiger partial charge >= 0.3 is 0 Å². The van der Waals surface area contributed by atoms with Gasteiger partial charge in [-0.2, -0.15) is 0 Å². The van der Waals surface area contributed by atoms with Crippen LogP contribution in [0.1, 0.15) is 37.1 Å². The van der Waals surface area contributed by atoms with E-state index in [0.29, 0.717) is 68.1 Å². The molecule has 0 spiro atoms. The van der Waals surface area contributed by atoms with Crippen LogP contribution in [0.3, 0.4) is 0 Å². The SMILES string of the molecule is COc1nc(-c2cccc(-c3cccc(-c4cnc(CNCC(F)F)c(OC)n4)c3Cl)c2Cl)cnc1CCC[C@@H]1CCC(=O)N1. The van der Waals surface area contributed by atoms with Crippen molar-refractivity contribution in [1.82, 2.24) is 30.6 Å². The third kappa shape index (κ3) is 7.66. The molecule has 1 aliphatic heterocycles. The van der Waals surface area contributed by atoms with E-state index in [1.807, 2.05) is 30.3 Å². The van der Waals surface area contributed by atoms with Crippen LogP contribution in [0.5, 0.6) is 11.8 Å². The van der Waals surface area contributed by atoms with Crippen molar-refractivity contribution >= 4 is 29.1 Å². The van der Waals surface area contributed by atoms with E-state index in [4.69, 9.17) is 37.7 Å². The molecule has 4 aromatic rings. The van der Waals surface area contributed by atoms with E-state index in [2.05, 4.69) is 25.6 Å². The first-order valence-corrected chi connectivity index (χ1v) is 15.2. The lowest BCUT2D eigenvalue weighted by molar-refractivity contribution is -0.119. The number of amides is 1. The summed E-state index contributed by atoms with van der Waals surface area (Å²) in [5, 5.41) is 6.45. The topological polar surface area (TPSA) is 111 Å². The van der Waals surface area contributed by atoms with Crippen molar-refractivity contribution in [2.24, 2.45) is 0 Å². The molecule has 0 bridgehead atoms. The van der Waals surface area contributed by atoms with Gasteiger partial charge in [0.15, 0.2) is 0 Å². The molecule has 0 radical (unpaired) electrons. The van der Waals surface area contributed by atoms with Crippen molar-refractivity contribution in [3.63, 3.8) is 0 Å². The molecule has 0 unspecified atom stereocenters. The minimum atomic E-state index is -2.48. The van der Waals surface area contributed by atoms with Gasteiger partial charge in [-0.05, 0) is 25.7 Å². The molecule has 2 aromatic heterocycles. The molecule has 13 heteroatoms. The van der Waals surface area contributed by atoms with Crippen LogP contribution in [0.2, 0.25) is 10.0 Å². The van der Waals surface area contributed by atoms with Crippen LogP contribution in [0, 0.1) is 0 Å². The Bertz CT molecular complexity index is 1680. The molecular weight excluding hydrogens is 625 g/mol. The second-order valence-electron chi connectivity index (χ2n) is 10.5. The molecule has 1 aliphatic rings. The Kier molecular flexibility index (Phi) is 10.7. The highest BCUT2D eigenvalue weighted by molar-refractivity contribution is 6.39. The third-order valence-corrected chi connectivity index (χ3v) is 8.31. The van der Waals surface area contributed by atoms with Gasteiger partial charge < -0.3 is 20.1 Å². The van der Waals surface area contributed by atoms with Crippen LogP contribution in [-0.2, 0) is 17.8 Å². The Hall–Kier alpha value is -3.93. The molecule has 1 fully saturated rings. The molecule has 2 aromatic carbocycles. The predicted octanol–water partition coefficient (Wildman–Crippen LogP) is 6.55. The summed E-state index contributed by atoms with van der Waals surface area (Å²) in [6.45, 7) is -0.392. The second kappa shape index (κ2) is 14.9. The van der Waals surface area contributed by atoms with E-state index in [0.717, 1.165) is 25.0 Å². The molecule has 1 atom stereocenters. The number of halogens is 4. The Labute approximate surface area is 269 Å². The minimum absolute atomic E-state index is 0.0751. The fourth-order valence-electron chi connectivity index (χ4n) is 5.26. The van der Waals surface area contributed by atoms with Gasteiger partial charge in [-0.1, -0.05) is 59.6 Å². The van der Waals surface area contributed by atoms with E-state index in [9.17, 15) is 13.6 Å². The van der Waals surface area contributed by atoms with Crippen LogP contribution < -0.4 is 20.1 Å². The number of ether oxygens (including phenoxy) is 2. The van der Waals surface area contributed by atoms with Crippen LogP contribution in [0.4, 0.5) is 8.78 Å².